The summed E-state index contributed by atoms with van der Waals surface area (Å²) in [6.45, 7) is 9.45. The van der Waals surface area contributed by atoms with Gasteiger partial charge in [-0.05, 0) is 44.2 Å². The number of aromatic nitrogens is 2. The molecule has 0 spiro atoms. The summed E-state index contributed by atoms with van der Waals surface area (Å²) < 4.78 is 2.22. The fourth-order valence-corrected chi connectivity index (χ4v) is 3.42. The molecule has 138 valence electrons. The Morgan fingerprint density at radius 1 is 1.36 bits per heavy atom. The Labute approximate surface area is 167 Å². The highest BCUT2D eigenvalue weighted by Gasteiger charge is 2.18. The maximum absolute atomic E-state index is 4.85. The van der Waals surface area contributed by atoms with Crippen LogP contribution in [0.15, 0.2) is 35.6 Å². The van der Waals surface area contributed by atoms with Crippen LogP contribution in [0.1, 0.15) is 33.1 Å². The molecule has 2 aromatic rings. The molecule has 1 aliphatic rings. The molecule has 1 fully saturated rings. The largest absolute Gasteiger partial charge is 0.357 e. The van der Waals surface area contributed by atoms with Gasteiger partial charge in [-0.2, -0.15) is 0 Å². The summed E-state index contributed by atoms with van der Waals surface area (Å²) in [4.78, 5) is 11.7. The van der Waals surface area contributed by atoms with E-state index in [2.05, 4.69) is 51.8 Å². The number of rotatable bonds is 5. The number of nitrogens with zero attached hydrogens (tertiary/aromatic N) is 4. The lowest BCUT2D eigenvalue weighted by Crippen LogP contribution is -2.46. The van der Waals surface area contributed by atoms with Crippen LogP contribution in [0, 0.1) is 5.92 Å². The lowest BCUT2D eigenvalue weighted by atomic mass is 10.0. The first-order valence-electron chi connectivity index (χ1n) is 9.21. The molecular weight excluding hydrogens is 425 g/mol. The third-order valence-electron chi connectivity index (χ3n) is 4.64. The Balaban J connectivity index is 0.00000225. The molecule has 5 nitrogen and oxygen atoms in total. The minimum Gasteiger partial charge on any atom is -0.357 e. The lowest BCUT2D eigenvalue weighted by molar-refractivity contribution is 0.266. The van der Waals surface area contributed by atoms with E-state index in [0.717, 1.165) is 56.5 Å². The van der Waals surface area contributed by atoms with E-state index in [9.17, 15) is 0 Å². The maximum Gasteiger partial charge on any atom is 0.193 e. The van der Waals surface area contributed by atoms with Crippen molar-refractivity contribution in [3.8, 4) is 0 Å². The van der Waals surface area contributed by atoms with Gasteiger partial charge in [-0.25, -0.2) is 4.98 Å². The lowest BCUT2D eigenvalue weighted by Gasteiger charge is -2.33. The number of guanidine groups is 1. The highest BCUT2D eigenvalue weighted by Crippen LogP contribution is 2.15. The summed E-state index contributed by atoms with van der Waals surface area (Å²) in [6, 6.07) is 8.29. The number of hydrogen-bond donors (Lipinski definition) is 1. The van der Waals surface area contributed by atoms with Crippen LogP contribution in [0.2, 0.25) is 0 Å². The van der Waals surface area contributed by atoms with Gasteiger partial charge in [-0.15, -0.1) is 24.0 Å². The number of hydrogen-bond acceptors (Lipinski definition) is 2. The molecule has 1 unspecified atom stereocenters. The number of imidazole rings is 1. The molecule has 1 saturated heterocycles. The standard InChI is InChI=1S/C19H29N5.HI/c1-3-20-19(23-12-6-8-16(2)14-23)21-11-7-13-24-15-22-17-9-4-5-10-18(17)24;/h4-5,9-10,15-16H,3,6-8,11-14H2,1-2H3,(H,20,21);1H. The van der Waals surface area contributed by atoms with Gasteiger partial charge in [0.1, 0.15) is 0 Å². The van der Waals surface area contributed by atoms with Gasteiger partial charge in [0.05, 0.1) is 17.4 Å². The van der Waals surface area contributed by atoms with Crippen LogP contribution in [0.25, 0.3) is 11.0 Å². The second-order valence-corrected chi connectivity index (χ2v) is 6.71. The Kier molecular flexibility index (Phi) is 7.99. The van der Waals surface area contributed by atoms with E-state index in [1.165, 1.54) is 18.4 Å². The molecule has 2 heterocycles. The van der Waals surface area contributed by atoms with Gasteiger partial charge in [0.25, 0.3) is 0 Å². The van der Waals surface area contributed by atoms with Crippen molar-refractivity contribution in [1.29, 1.82) is 0 Å². The zero-order valence-electron chi connectivity index (χ0n) is 15.3. The Morgan fingerprint density at radius 3 is 3.00 bits per heavy atom. The van der Waals surface area contributed by atoms with Gasteiger partial charge < -0.3 is 14.8 Å². The van der Waals surface area contributed by atoms with Crippen molar-refractivity contribution in [1.82, 2.24) is 19.8 Å². The zero-order chi connectivity index (χ0) is 16.8. The normalized spacial score (nSPS) is 18.2. The summed E-state index contributed by atoms with van der Waals surface area (Å²) >= 11 is 0. The van der Waals surface area contributed by atoms with Crippen LogP contribution in [0.3, 0.4) is 0 Å². The predicted molar refractivity (Wildman–Crippen MR) is 116 cm³/mol. The fraction of sp³-hybridized carbons (Fsp3) is 0.579. The van der Waals surface area contributed by atoms with Gasteiger partial charge in [-0.3, -0.25) is 4.99 Å². The first-order valence-corrected chi connectivity index (χ1v) is 9.21. The van der Waals surface area contributed by atoms with Crippen molar-refractivity contribution in [3.05, 3.63) is 30.6 Å². The first-order chi connectivity index (χ1) is 11.8. The number of nitrogens with one attached hydrogen (secondary N) is 1. The molecule has 1 aliphatic heterocycles. The quantitative estimate of drug-likeness (QED) is 0.324. The van der Waals surface area contributed by atoms with Gasteiger partial charge in [0.2, 0.25) is 0 Å². The SMILES string of the molecule is CCNC(=NCCCn1cnc2ccccc21)N1CCCC(C)C1.I. The minimum atomic E-state index is 0. The van der Waals surface area contributed by atoms with Crippen LogP contribution in [0.5, 0.6) is 0 Å². The van der Waals surface area contributed by atoms with Crippen molar-refractivity contribution >= 4 is 41.0 Å². The van der Waals surface area contributed by atoms with Gasteiger partial charge in [0, 0.05) is 32.7 Å². The third kappa shape index (κ3) is 5.33. The van der Waals surface area contributed by atoms with E-state index >= 15 is 0 Å². The molecule has 0 aliphatic carbocycles. The first kappa shape index (κ1) is 20.0. The molecule has 25 heavy (non-hydrogen) atoms. The maximum atomic E-state index is 4.85. The Morgan fingerprint density at radius 2 is 2.20 bits per heavy atom. The second-order valence-electron chi connectivity index (χ2n) is 6.71. The Hall–Kier alpha value is -1.31. The monoisotopic (exact) mass is 455 g/mol. The minimum absolute atomic E-state index is 0. The molecule has 1 atom stereocenters. The van der Waals surface area contributed by atoms with Crippen molar-refractivity contribution in [2.45, 2.75) is 39.7 Å². The van der Waals surface area contributed by atoms with Crippen LogP contribution in [-0.2, 0) is 6.54 Å². The summed E-state index contributed by atoms with van der Waals surface area (Å²) in [5.74, 6) is 1.85. The molecule has 1 aromatic carbocycles. The summed E-state index contributed by atoms with van der Waals surface area (Å²) in [5, 5.41) is 3.45. The third-order valence-corrected chi connectivity index (χ3v) is 4.64. The molecule has 6 heteroatoms. The molecule has 3 rings (SSSR count). The van der Waals surface area contributed by atoms with Crippen molar-refractivity contribution in [2.24, 2.45) is 10.9 Å². The number of benzene rings is 1. The molecule has 0 radical (unpaired) electrons. The smallest absolute Gasteiger partial charge is 0.193 e. The van der Waals surface area contributed by atoms with Gasteiger partial charge in [0.15, 0.2) is 5.96 Å². The van der Waals surface area contributed by atoms with E-state index in [4.69, 9.17) is 4.99 Å². The van der Waals surface area contributed by atoms with Gasteiger partial charge in [-0.1, -0.05) is 19.1 Å². The average Bonchev–Trinajstić information content (AvgIpc) is 3.01. The highest BCUT2D eigenvalue weighted by molar-refractivity contribution is 14.0. The molecule has 0 amide bonds. The second kappa shape index (κ2) is 9.99. The average molecular weight is 455 g/mol. The number of aliphatic imine (C=N–C) groups is 1. The number of likely N-dealkylation sites (tertiary alicyclic amines) is 1. The van der Waals surface area contributed by atoms with Crippen molar-refractivity contribution in [3.63, 3.8) is 0 Å². The molecular formula is C19H30IN5. The van der Waals surface area contributed by atoms with Crippen LogP contribution in [-0.4, -0.2) is 46.6 Å². The number of aryl methyl sites for hydroxylation is 1. The van der Waals surface area contributed by atoms with Crippen LogP contribution < -0.4 is 5.32 Å². The van der Waals surface area contributed by atoms with E-state index < -0.39 is 0 Å². The van der Waals surface area contributed by atoms with Crippen LogP contribution >= 0.6 is 24.0 Å². The van der Waals surface area contributed by atoms with E-state index in [-0.39, 0.29) is 24.0 Å². The topological polar surface area (TPSA) is 45.5 Å². The van der Waals surface area contributed by atoms with E-state index in [1.807, 2.05) is 12.4 Å². The summed E-state index contributed by atoms with van der Waals surface area (Å²) in [5.41, 5.74) is 2.27. The zero-order valence-corrected chi connectivity index (χ0v) is 17.6. The predicted octanol–water partition coefficient (Wildman–Crippen LogP) is 3.74. The molecule has 1 N–H and O–H groups in total. The molecule has 1 aromatic heterocycles. The fourth-order valence-electron chi connectivity index (χ4n) is 3.42. The van der Waals surface area contributed by atoms with Crippen molar-refractivity contribution in [2.75, 3.05) is 26.2 Å². The highest BCUT2D eigenvalue weighted by atomic mass is 127. The van der Waals surface area contributed by atoms with Crippen LogP contribution in [0.4, 0.5) is 0 Å². The number of halogens is 1. The number of fused-ring (bicyclic) bond motifs is 1. The number of piperidine rings is 1. The molecule has 0 bridgehead atoms. The van der Waals surface area contributed by atoms with E-state index in [1.54, 1.807) is 0 Å². The summed E-state index contributed by atoms with van der Waals surface area (Å²) in [7, 11) is 0. The van der Waals surface area contributed by atoms with E-state index in [0.29, 0.717) is 0 Å². The summed E-state index contributed by atoms with van der Waals surface area (Å²) in [6.07, 6.45) is 5.57. The molecule has 0 saturated carbocycles. The Bertz CT molecular complexity index is 681. The number of para-hydroxylation sites is 2. The van der Waals surface area contributed by atoms with Gasteiger partial charge >= 0.3 is 0 Å². The van der Waals surface area contributed by atoms with Crippen molar-refractivity contribution < 1.29 is 0 Å².